The Labute approximate surface area is 209 Å². The van der Waals surface area contributed by atoms with Crippen molar-refractivity contribution in [2.24, 2.45) is 0 Å². The number of halogens is 3. The first kappa shape index (κ1) is 27.7. The van der Waals surface area contributed by atoms with E-state index in [2.05, 4.69) is 0 Å². The third-order valence-electron chi connectivity index (χ3n) is 6.22. The fourth-order valence-corrected chi connectivity index (χ4v) is 6.19. The molecule has 0 unspecified atom stereocenters. The first-order valence-electron chi connectivity index (χ1n) is 12.4. The van der Waals surface area contributed by atoms with Gasteiger partial charge in [-0.3, -0.25) is 14.5 Å². The average molecular weight is 519 g/mol. The van der Waals surface area contributed by atoms with Crippen molar-refractivity contribution in [1.82, 2.24) is 4.90 Å². The van der Waals surface area contributed by atoms with Gasteiger partial charge < -0.3 is 0 Å². The Hall–Kier alpha value is -0.553. The van der Waals surface area contributed by atoms with Gasteiger partial charge >= 0.3 is 6.00 Å². The van der Waals surface area contributed by atoms with Crippen molar-refractivity contribution in [1.29, 1.82) is 0 Å². The largest absolute Gasteiger partial charge is 0.341 e. The van der Waals surface area contributed by atoms with Crippen LogP contribution < -0.4 is 0 Å². The van der Waals surface area contributed by atoms with Gasteiger partial charge in [0.2, 0.25) is 0 Å². The highest BCUT2D eigenvalue weighted by Gasteiger charge is 2.34. The fourth-order valence-electron chi connectivity index (χ4n) is 4.34. The van der Waals surface area contributed by atoms with Crippen LogP contribution in [0.25, 0.3) is 0 Å². The summed E-state index contributed by atoms with van der Waals surface area (Å²) in [6.07, 6.45) is 18.6. The Bertz CT molecular complexity index is 674. The molecular formula is C25H38Cl3NO2Si. The van der Waals surface area contributed by atoms with Crippen LogP contribution in [0, 0.1) is 0 Å². The lowest BCUT2D eigenvalue weighted by molar-refractivity contribution is 0.0651. The van der Waals surface area contributed by atoms with Crippen LogP contribution in [-0.4, -0.2) is 29.3 Å². The summed E-state index contributed by atoms with van der Waals surface area (Å²) in [5, 5.41) is 0. The molecule has 0 aliphatic carbocycles. The second-order valence-corrected chi connectivity index (χ2v) is 18.3. The molecule has 0 saturated carbocycles. The van der Waals surface area contributed by atoms with E-state index in [4.69, 9.17) is 33.2 Å². The number of hydrogen-bond acceptors (Lipinski definition) is 2. The molecule has 1 aromatic rings. The summed E-state index contributed by atoms with van der Waals surface area (Å²) in [4.78, 5) is 26.1. The zero-order valence-electron chi connectivity index (χ0n) is 19.2. The van der Waals surface area contributed by atoms with Crippen LogP contribution in [0.3, 0.4) is 0 Å². The Morgan fingerprint density at radius 2 is 0.906 bits per heavy atom. The van der Waals surface area contributed by atoms with Gasteiger partial charge in [0.15, 0.2) is 0 Å². The number of rotatable bonds is 18. The van der Waals surface area contributed by atoms with Gasteiger partial charge in [0.1, 0.15) is 0 Å². The molecule has 0 N–H and O–H groups in total. The molecule has 0 radical (unpaired) electrons. The third kappa shape index (κ3) is 10.6. The SMILES string of the molecule is O=C1c2ccccc2C(=O)N1CCCCCCCCCCCCCCCCC[Si](Cl)(Cl)Cl. The summed E-state index contributed by atoms with van der Waals surface area (Å²) in [6.45, 7) is 0.543. The molecule has 32 heavy (non-hydrogen) atoms. The lowest BCUT2D eigenvalue weighted by atomic mass is 10.0. The van der Waals surface area contributed by atoms with E-state index in [1.807, 2.05) is 12.1 Å². The maximum atomic E-state index is 12.3. The van der Waals surface area contributed by atoms with Crippen LogP contribution in [0.2, 0.25) is 6.04 Å². The number of amides is 2. The molecule has 0 atom stereocenters. The quantitative estimate of drug-likeness (QED) is 0.0842. The van der Waals surface area contributed by atoms with E-state index in [0.29, 0.717) is 17.7 Å². The van der Waals surface area contributed by atoms with Gasteiger partial charge in [-0.05, 0) is 24.6 Å². The Kier molecular flexibility index (Phi) is 13.3. The molecular weight excluding hydrogens is 481 g/mol. The summed E-state index contributed by atoms with van der Waals surface area (Å²) in [5.74, 6) is -0.265. The Balaban J connectivity index is 1.34. The van der Waals surface area contributed by atoms with E-state index in [0.717, 1.165) is 25.3 Å². The summed E-state index contributed by atoms with van der Waals surface area (Å²) in [7, 11) is 0. The average Bonchev–Trinajstić information content (AvgIpc) is 3.00. The van der Waals surface area contributed by atoms with E-state index in [9.17, 15) is 9.59 Å². The molecule has 1 aliphatic rings. The van der Waals surface area contributed by atoms with E-state index < -0.39 is 6.00 Å². The van der Waals surface area contributed by atoms with E-state index in [1.54, 1.807) is 12.1 Å². The molecule has 0 aromatic heterocycles. The van der Waals surface area contributed by atoms with Gasteiger partial charge in [-0.15, -0.1) is 33.2 Å². The minimum Gasteiger partial charge on any atom is -0.274 e. The highest BCUT2D eigenvalue weighted by molar-refractivity contribution is 7.64. The predicted octanol–water partition coefficient (Wildman–Crippen LogP) is 8.79. The molecule has 3 nitrogen and oxygen atoms in total. The van der Waals surface area contributed by atoms with Crippen molar-refractivity contribution in [2.45, 2.75) is 102 Å². The van der Waals surface area contributed by atoms with Crippen molar-refractivity contribution in [3.63, 3.8) is 0 Å². The first-order chi connectivity index (χ1) is 15.4. The zero-order valence-corrected chi connectivity index (χ0v) is 22.5. The number of benzene rings is 1. The van der Waals surface area contributed by atoms with Gasteiger partial charge in [-0.2, -0.15) is 0 Å². The molecule has 2 amide bonds. The maximum absolute atomic E-state index is 12.3. The van der Waals surface area contributed by atoms with Gasteiger partial charge in [-0.25, -0.2) is 0 Å². The molecule has 0 fully saturated rings. The van der Waals surface area contributed by atoms with E-state index in [1.165, 1.54) is 81.9 Å². The summed E-state index contributed by atoms with van der Waals surface area (Å²) < 4.78 is 0. The minimum atomic E-state index is -2.40. The van der Waals surface area contributed by atoms with Crippen LogP contribution in [0.5, 0.6) is 0 Å². The number of carbonyl (C=O) groups is 2. The number of fused-ring (bicyclic) bond motifs is 1. The Morgan fingerprint density at radius 3 is 1.28 bits per heavy atom. The molecule has 0 bridgehead atoms. The zero-order chi connectivity index (χ0) is 23.2. The normalized spacial score (nSPS) is 13.8. The van der Waals surface area contributed by atoms with Gasteiger partial charge in [0.25, 0.3) is 11.8 Å². The molecule has 1 heterocycles. The number of hydrogen-bond donors (Lipinski definition) is 0. The molecule has 1 aromatic carbocycles. The lowest BCUT2D eigenvalue weighted by Crippen LogP contribution is -2.30. The van der Waals surface area contributed by atoms with E-state index in [-0.39, 0.29) is 11.8 Å². The number of carbonyl (C=O) groups excluding carboxylic acids is 2. The van der Waals surface area contributed by atoms with Crippen molar-refractivity contribution in [3.8, 4) is 0 Å². The van der Waals surface area contributed by atoms with Crippen LogP contribution in [-0.2, 0) is 0 Å². The van der Waals surface area contributed by atoms with Crippen molar-refractivity contribution in [3.05, 3.63) is 35.4 Å². The molecule has 0 saturated heterocycles. The van der Waals surface area contributed by atoms with E-state index >= 15 is 0 Å². The van der Waals surface area contributed by atoms with Crippen LogP contribution in [0.4, 0.5) is 0 Å². The Morgan fingerprint density at radius 1 is 0.562 bits per heavy atom. The van der Waals surface area contributed by atoms with Crippen molar-refractivity contribution >= 4 is 51.1 Å². The minimum absolute atomic E-state index is 0.132. The monoisotopic (exact) mass is 517 g/mol. The van der Waals surface area contributed by atoms with Gasteiger partial charge in [0.05, 0.1) is 11.1 Å². The highest BCUT2D eigenvalue weighted by atomic mass is 35.8. The highest BCUT2D eigenvalue weighted by Crippen LogP contribution is 2.27. The summed E-state index contributed by atoms with van der Waals surface area (Å²) in [6, 6.07) is 5.51. The van der Waals surface area contributed by atoms with Crippen LogP contribution >= 0.6 is 33.2 Å². The second-order valence-electron chi connectivity index (χ2n) is 8.98. The molecule has 7 heteroatoms. The number of nitrogens with zero attached hydrogens (tertiary/aromatic N) is 1. The number of unbranched alkanes of at least 4 members (excludes halogenated alkanes) is 14. The van der Waals surface area contributed by atoms with Gasteiger partial charge in [-0.1, -0.05) is 102 Å². The molecule has 2 rings (SSSR count). The van der Waals surface area contributed by atoms with Crippen molar-refractivity contribution < 1.29 is 9.59 Å². The molecule has 1 aliphatic heterocycles. The topological polar surface area (TPSA) is 37.4 Å². The second kappa shape index (κ2) is 15.4. The summed E-state index contributed by atoms with van der Waals surface area (Å²) >= 11 is 17.7. The lowest BCUT2D eigenvalue weighted by Gasteiger charge is -2.13. The smallest absolute Gasteiger partial charge is 0.274 e. The predicted molar refractivity (Wildman–Crippen MR) is 139 cm³/mol. The van der Waals surface area contributed by atoms with Crippen LogP contribution in [0.1, 0.15) is 117 Å². The number of imide groups is 1. The third-order valence-corrected chi connectivity index (χ3v) is 8.84. The summed E-state index contributed by atoms with van der Waals surface area (Å²) in [5.41, 5.74) is 1.10. The molecule has 180 valence electrons. The molecule has 0 spiro atoms. The van der Waals surface area contributed by atoms with Crippen LogP contribution in [0.15, 0.2) is 24.3 Å². The van der Waals surface area contributed by atoms with Gasteiger partial charge in [0, 0.05) is 6.54 Å². The van der Waals surface area contributed by atoms with Crippen molar-refractivity contribution in [2.75, 3.05) is 6.54 Å². The fraction of sp³-hybridized carbons (Fsp3) is 0.680. The maximum Gasteiger partial charge on any atom is 0.341 e. The standard InChI is InChI=1S/C25H38Cl3NO2Si/c26-32(27,28)21-17-13-11-9-7-5-3-1-2-4-6-8-10-12-16-20-29-24(30)22-18-14-15-19-23(22)25(29)31/h14-15,18-19H,1-13,16-17,20-21H2. The first-order valence-corrected chi connectivity index (χ1v) is 17.7.